The number of hydrogen-bond donors (Lipinski definition) is 2. The summed E-state index contributed by atoms with van der Waals surface area (Å²) in [5.41, 5.74) is 12.5. The number of amides is 1. The topological polar surface area (TPSA) is 81.6 Å². The van der Waals surface area contributed by atoms with E-state index >= 15 is 0 Å². The number of nitrogen functional groups attached to an aromatic ring is 1. The van der Waals surface area contributed by atoms with Crippen molar-refractivity contribution in [3.8, 4) is 5.75 Å². The molecule has 1 fully saturated rings. The molecule has 1 aromatic heterocycles. The minimum Gasteiger partial charge on any atom is -0.497 e. The standard InChI is InChI=1S/C14H17N3O2S/c1-19-9-2-3-10-11(6-9)20-13(12(10)16)14(18)17-5-4-8(15)7-17/h2-3,6,8H,4-5,7,15-16H2,1H3. The number of hydrogen-bond acceptors (Lipinski definition) is 5. The predicted molar refractivity (Wildman–Crippen MR) is 81.3 cm³/mol. The molecule has 2 aromatic rings. The van der Waals surface area contributed by atoms with E-state index in [1.54, 1.807) is 12.0 Å². The Morgan fingerprint density at radius 1 is 1.50 bits per heavy atom. The van der Waals surface area contributed by atoms with Gasteiger partial charge in [-0.15, -0.1) is 11.3 Å². The number of fused-ring (bicyclic) bond motifs is 1. The zero-order valence-corrected chi connectivity index (χ0v) is 12.1. The van der Waals surface area contributed by atoms with Gasteiger partial charge in [-0.2, -0.15) is 0 Å². The molecule has 6 heteroatoms. The average molecular weight is 291 g/mol. The number of likely N-dealkylation sites (tertiary alicyclic amines) is 1. The third-order valence-corrected chi connectivity index (χ3v) is 4.80. The molecule has 1 aliphatic rings. The Kier molecular flexibility index (Phi) is 3.27. The number of nitrogens with two attached hydrogens (primary N) is 2. The Morgan fingerprint density at radius 2 is 2.30 bits per heavy atom. The van der Waals surface area contributed by atoms with Crippen LogP contribution in [0.4, 0.5) is 5.69 Å². The fourth-order valence-electron chi connectivity index (χ4n) is 2.50. The highest BCUT2D eigenvalue weighted by molar-refractivity contribution is 7.21. The van der Waals surface area contributed by atoms with Crippen LogP contribution in [0.25, 0.3) is 10.1 Å². The first-order valence-corrected chi connectivity index (χ1v) is 7.32. The summed E-state index contributed by atoms with van der Waals surface area (Å²) in [7, 11) is 1.62. The second-order valence-corrected chi connectivity index (χ2v) is 6.06. The highest BCUT2D eigenvalue weighted by atomic mass is 32.1. The highest BCUT2D eigenvalue weighted by Crippen LogP contribution is 2.36. The molecule has 0 radical (unpaired) electrons. The maximum atomic E-state index is 12.5. The van der Waals surface area contributed by atoms with Crippen molar-refractivity contribution < 1.29 is 9.53 Å². The first-order valence-electron chi connectivity index (χ1n) is 6.51. The van der Waals surface area contributed by atoms with Gasteiger partial charge in [0.25, 0.3) is 5.91 Å². The Balaban J connectivity index is 1.99. The molecule has 1 atom stereocenters. The van der Waals surface area contributed by atoms with Gasteiger partial charge in [0.2, 0.25) is 0 Å². The lowest BCUT2D eigenvalue weighted by atomic mass is 10.2. The molecule has 5 nitrogen and oxygen atoms in total. The van der Waals surface area contributed by atoms with Crippen LogP contribution in [0.1, 0.15) is 16.1 Å². The third kappa shape index (κ3) is 2.10. The molecule has 0 bridgehead atoms. The van der Waals surface area contributed by atoms with Crippen LogP contribution in [-0.4, -0.2) is 37.0 Å². The first-order chi connectivity index (χ1) is 9.60. The van der Waals surface area contributed by atoms with E-state index in [0.717, 1.165) is 22.3 Å². The molecule has 20 heavy (non-hydrogen) atoms. The minimum atomic E-state index is -0.0179. The molecule has 2 heterocycles. The van der Waals surface area contributed by atoms with Crippen molar-refractivity contribution in [2.24, 2.45) is 5.73 Å². The molecular weight excluding hydrogens is 274 g/mol. The quantitative estimate of drug-likeness (QED) is 0.881. The number of thiophene rings is 1. The molecule has 1 amide bonds. The largest absolute Gasteiger partial charge is 0.497 e. The van der Waals surface area contributed by atoms with Crippen LogP contribution in [0.5, 0.6) is 5.75 Å². The van der Waals surface area contributed by atoms with Crippen LogP contribution in [-0.2, 0) is 0 Å². The number of anilines is 1. The van der Waals surface area contributed by atoms with Crippen LogP contribution in [0, 0.1) is 0 Å². The second-order valence-electron chi connectivity index (χ2n) is 5.01. The molecule has 0 saturated carbocycles. The molecular formula is C14H17N3O2S. The van der Waals surface area contributed by atoms with Crippen LogP contribution in [0.15, 0.2) is 18.2 Å². The molecule has 4 N–H and O–H groups in total. The smallest absolute Gasteiger partial charge is 0.266 e. The zero-order valence-electron chi connectivity index (χ0n) is 11.3. The minimum absolute atomic E-state index is 0.0179. The van der Waals surface area contributed by atoms with Crippen molar-refractivity contribution in [3.63, 3.8) is 0 Å². The van der Waals surface area contributed by atoms with Gasteiger partial charge in [-0.25, -0.2) is 0 Å². The van der Waals surface area contributed by atoms with E-state index in [1.807, 2.05) is 18.2 Å². The molecule has 1 saturated heterocycles. The van der Waals surface area contributed by atoms with Crippen molar-refractivity contribution in [1.82, 2.24) is 4.90 Å². The first kappa shape index (κ1) is 13.2. The molecule has 1 aromatic carbocycles. The lowest BCUT2D eigenvalue weighted by Gasteiger charge is -2.14. The lowest BCUT2D eigenvalue weighted by molar-refractivity contribution is 0.0796. The van der Waals surface area contributed by atoms with Crippen molar-refractivity contribution in [1.29, 1.82) is 0 Å². The van der Waals surface area contributed by atoms with Gasteiger partial charge >= 0.3 is 0 Å². The van der Waals surface area contributed by atoms with Crippen molar-refractivity contribution >= 4 is 33.0 Å². The molecule has 106 valence electrons. The van der Waals surface area contributed by atoms with Gasteiger partial charge in [0.15, 0.2) is 0 Å². The Hall–Kier alpha value is -1.79. The van der Waals surface area contributed by atoms with E-state index in [4.69, 9.17) is 16.2 Å². The maximum absolute atomic E-state index is 12.5. The van der Waals surface area contributed by atoms with E-state index < -0.39 is 0 Å². The second kappa shape index (κ2) is 4.96. The number of ether oxygens (including phenoxy) is 1. The average Bonchev–Trinajstić information content (AvgIpc) is 3.02. The highest BCUT2D eigenvalue weighted by Gasteiger charge is 2.27. The summed E-state index contributed by atoms with van der Waals surface area (Å²) in [6.07, 6.45) is 0.852. The number of carbonyl (C=O) groups excluding carboxylic acids is 1. The summed E-state index contributed by atoms with van der Waals surface area (Å²) in [5, 5.41) is 0.905. The fourth-order valence-corrected chi connectivity index (χ4v) is 3.62. The summed E-state index contributed by atoms with van der Waals surface area (Å²) in [5.74, 6) is 0.747. The van der Waals surface area contributed by atoms with Gasteiger partial charge in [-0.05, 0) is 24.6 Å². The normalized spacial score (nSPS) is 18.7. The van der Waals surface area contributed by atoms with E-state index in [2.05, 4.69) is 0 Å². The number of rotatable bonds is 2. The van der Waals surface area contributed by atoms with Crippen molar-refractivity contribution in [2.75, 3.05) is 25.9 Å². The van der Waals surface area contributed by atoms with Gasteiger partial charge < -0.3 is 21.1 Å². The molecule has 1 aliphatic heterocycles. The van der Waals surface area contributed by atoms with Gasteiger partial charge in [0.1, 0.15) is 10.6 Å². The number of benzene rings is 1. The summed E-state index contributed by atoms with van der Waals surface area (Å²) in [4.78, 5) is 14.9. The van der Waals surface area contributed by atoms with Gasteiger partial charge in [-0.3, -0.25) is 4.79 Å². The molecule has 0 spiro atoms. The molecule has 3 rings (SSSR count). The van der Waals surface area contributed by atoms with Crippen LogP contribution in [0.2, 0.25) is 0 Å². The van der Waals surface area contributed by atoms with E-state index in [0.29, 0.717) is 23.7 Å². The van der Waals surface area contributed by atoms with Gasteiger partial charge in [0, 0.05) is 29.2 Å². The van der Waals surface area contributed by atoms with E-state index in [9.17, 15) is 4.79 Å². The van der Waals surface area contributed by atoms with Crippen molar-refractivity contribution in [3.05, 3.63) is 23.1 Å². The summed E-state index contributed by atoms with van der Waals surface area (Å²) in [6, 6.07) is 5.73. The maximum Gasteiger partial charge on any atom is 0.266 e. The number of nitrogens with zero attached hydrogens (tertiary/aromatic N) is 1. The Bertz CT molecular complexity index is 668. The molecule has 0 aliphatic carbocycles. The van der Waals surface area contributed by atoms with E-state index in [1.165, 1.54) is 11.3 Å². The van der Waals surface area contributed by atoms with E-state index in [-0.39, 0.29) is 11.9 Å². The number of methoxy groups -OCH3 is 1. The summed E-state index contributed by atoms with van der Waals surface area (Å²) < 4.78 is 6.17. The molecule has 1 unspecified atom stereocenters. The predicted octanol–water partition coefficient (Wildman–Crippen LogP) is 1.67. The monoisotopic (exact) mass is 291 g/mol. The third-order valence-electron chi connectivity index (χ3n) is 3.64. The summed E-state index contributed by atoms with van der Waals surface area (Å²) >= 11 is 1.41. The number of carbonyl (C=O) groups is 1. The van der Waals surface area contributed by atoms with Crippen LogP contribution in [0.3, 0.4) is 0 Å². The van der Waals surface area contributed by atoms with Gasteiger partial charge in [-0.1, -0.05) is 0 Å². The Morgan fingerprint density at radius 3 is 2.95 bits per heavy atom. The Labute approximate surface area is 121 Å². The summed E-state index contributed by atoms with van der Waals surface area (Å²) in [6.45, 7) is 1.31. The van der Waals surface area contributed by atoms with Crippen molar-refractivity contribution in [2.45, 2.75) is 12.5 Å². The lowest BCUT2D eigenvalue weighted by Crippen LogP contribution is -2.31. The SMILES string of the molecule is COc1ccc2c(N)c(C(=O)N3CCC(N)C3)sc2c1. The van der Waals surface area contributed by atoms with Gasteiger partial charge in [0.05, 0.1) is 12.8 Å². The van der Waals surface area contributed by atoms with Crippen LogP contribution < -0.4 is 16.2 Å². The van der Waals surface area contributed by atoms with Crippen LogP contribution >= 0.6 is 11.3 Å². The fraction of sp³-hybridized carbons (Fsp3) is 0.357. The zero-order chi connectivity index (χ0) is 14.3.